The molecule has 2 heterocycles. The van der Waals surface area contributed by atoms with Crippen molar-refractivity contribution in [2.24, 2.45) is 0 Å². The average Bonchev–Trinajstić information content (AvgIpc) is 3.45. The molecule has 29 heavy (non-hydrogen) atoms. The largest absolute Gasteiger partial charge is 0.361 e. The molecule has 6 heteroatoms. The van der Waals surface area contributed by atoms with E-state index in [0.29, 0.717) is 11.4 Å². The van der Waals surface area contributed by atoms with Crippen LogP contribution in [0, 0.1) is 0 Å². The van der Waals surface area contributed by atoms with Gasteiger partial charge >= 0.3 is 0 Å². The van der Waals surface area contributed by atoms with Gasteiger partial charge in [0.05, 0.1) is 6.20 Å². The van der Waals surface area contributed by atoms with E-state index in [-0.39, 0.29) is 5.91 Å². The topological polar surface area (TPSA) is 59.2 Å². The fourth-order valence-electron chi connectivity index (χ4n) is 3.04. The van der Waals surface area contributed by atoms with Crippen LogP contribution in [-0.2, 0) is 6.42 Å². The molecular formula is C23H21N3O2S. The van der Waals surface area contributed by atoms with E-state index in [0.717, 1.165) is 40.4 Å². The smallest absolute Gasteiger partial charge is 0.265 e. The van der Waals surface area contributed by atoms with Crippen LogP contribution in [0.15, 0.2) is 77.4 Å². The van der Waals surface area contributed by atoms with Gasteiger partial charge in [-0.1, -0.05) is 65.8 Å². The van der Waals surface area contributed by atoms with E-state index in [2.05, 4.69) is 10.1 Å². The Morgan fingerprint density at radius 3 is 2.45 bits per heavy atom. The van der Waals surface area contributed by atoms with Gasteiger partial charge in [-0.15, -0.1) is 11.3 Å². The first-order valence-electron chi connectivity index (χ1n) is 9.48. The molecule has 0 fully saturated rings. The maximum absolute atomic E-state index is 12.7. The zero-order valence-electron chi connectivity index (χ0n) is 16.1. The fraction of sp³-hybridized carbons (Fsp3) is 0.174. The molecule has 2 aromatic carbocycles. The van der Waals surface area contributed by atoms with E-state index in [1.165, 1.54) is 11.3 Å². The second kappa shape index (κ2) is 8.84. The third-order valence-corrected chi connectivity index (χ3v) is 5.66. The number of amides is 1. The Labute approximate surface area is 173 Å². The molecule has 146 valence electrons. The molecule has 0 aliphatic carbocycles. The van der Waals surface area contributed by atoms with Crippen molar-refractivity contribution >= 4 is 17.2 Å². The predicted molar refractivity (Wildman–Crippen MR) is 115 cm³/mol. The molecule has 0 radical (unpaired) electrons. The van der Waals surface area contributed by atoms with Crippen LogP contribution in [-0.4, -0.2) is 34.5 Å². The van der Waals surface area contributed by atoms with E-state index in [9.17, 15) is 4.79 Å². The third-order valence-electron chi connectivity index (χ3n) is 4.63. The van der Waals surface area contributed by atoms with Crippen molar-refractivity contribution in [1.29, 1.82) is 0 Å². The highest BCUT2D eigenvalue weighted by atomic mass is 32.1. The van der Waals surface area contributed by atoms with Crippen LogP contribution in [0.5, 0.6) is 0 Å². The SMILES string of the molecule is CN(CCCc1cc(-c2ccccc2)no1)C(=O)c1cnc(-c2ccccc2)s1. The number of rotatable bonds is 7. The minimum atomic E-state index is -0.00720. The van der Waals surface area contributed by atoms with Crippen LogP contribution in [0.2, 0.25) is 0 Å². The first kappa shape index (κ1) is 19.1. The normalized spacial score (nSPS) is 10.8. The van der Waals surface area contributed by atoms with Crippen molar-refractivity contribution in [2.45, 2.75) is 12.8 Å². The van der Waals surface area contributed by atoms with Gasteiger partial charge in [0.1, 0.15) is 21.3 Å². The fourth-order valence-corrected chi connectivity index (χ4v) is 3.96. The summed E-state index contributed by atoms with van der Waals surface area (Å²) < 4.78 is 5.44. The maximum atomic E-state index is 12.7. The second-order valence-electron chi connectivity index (χ2n) is 6.77. The number of thiazole rings is 1. The van der Waals surface area contributed by atoms with Crippen LogP contribution in [0.1, 0.15) is 21.9 Å². The van der Waals surface area contributed by atoms with Crippen molar-refractivity contribution in [3.05, 3.63) is 83.6 Å². The lowest BCUT2D eigenvalue weighted by Crippen LogP contribution is -2.27. The quantitative estimate of drug-likeness (QED) is 0.427. The van der Waals surface area contributed by atoms with Gasteiger partial charge < -0.3 is 9.42 Å². The molecule has 0 aliphatic rings. The minimum absolute atomic E-state index is 0.00720. The first-order valence-corrected chi connectivity index (χ1v) is 10.3. The Morgan fingerprint density at radius 2 is 1.72 bits per heavy atom. The molecule has 0 aliphatic heterocycles. The Balaban J connectivity index is 1.31. The van der Waals surface area contributed by atoms with Crippen molar-refractivity contribution in [3.63, 3.8) is 0 Å². The predicted octanol–water partition coefficient (Wildman–Crippen LogP) is 5.17. The first-order chi connectivity index (χ1) is 14.2. The number of carbonyl (C=O) groups excluding carboxylic acids is 1. The van der Waals surface area contributed by atoms with Crippen LogP contribution >= 0.6 is 11.3 Å². The van der Waals surface area contributed by atoms with Crippen LogP contribution in [0.3, 0.4) is 0 Å². The average molecular weight is 404 g/mol. The number of hydrogen-bond donors (Lipinski definition) is 0. The van der Waals surface area contributed by atoms with Crippen molar-refractivity contribution in [3.8, 4) is 21.8 Å². The second-order valence-corrected chi connectivity index (χ2v) is 7.80. The highest BCUT2D eigenvalue weighted by Crippen LogP contribution is 2.25. The van der Waals surface area contributed by atoms with Crippen molar-refractivity contribution in [1.82, 2.24) is 15.0 Å². The Kier molecular flexibility index (Phi) is 5.81. The van der Waals surface area contributed by atoms with Crippen LogP contribution in [0.25, 0.3) is 21.8 Å². The van der Waals surface area contributed by atoms with Crippen LogP contribution < -0.4 is 0 Å². The van der Waals surface area contributed by atoms with Gasteiger partial charge in [0.15, 0.2) is 0 Å². The Morgan fingerprint density at radius 1 is 1.03 bits per heavy atom. The summed E-state index contributed by atoms with van der Waals surface area (Å²) in [4.78, 5) is 19.5. The number of carbonyl (C=O) groups is 1. The monoisotopic (exact) mass is 403 g/mol. The van der Waals surface area contributed by atoms with Crippen LogP contribution in [0.4, 0.5) is 0 Å². The van der Waals surface area contributed by atoms with Gasteiger partial charge in [0.2, 0.25) is 0 Å². The van der Waals surface area contributed by atoms with E-state index in [4.69, 9.17) is 4.52 Å². The molecule has 0 unspecified atom stereocenters. The minimum Gasteiger partial charge on any atom is -0.361 e. The van der Waals surface area contributed by atoms with Gasteiger partial charge in [0.25, 0.3) is 5.91 Å². The Hall–Kier alpha value is -3.25. The number of nitrogens with zero attached hydrogens (tertiary/aromatic N) is 3. The standard InChI is InChI=1S/C23H21N3O2S/c1-26(23(27)21-16-24-22(29-21)18-11-6-3-7-12-18)14-8-13-19-15-20(25-28-19)17-9-4-2-5-10-17/h2-7,9-12,15-16H,8,13-14H2,1H3. The highest BCUT2D eigenvalue weighted by molar-refractivity contribution is 7.16. The summed E-state index contributed by atoms with van der Waals surface area (Å²) in [7, 11) is 1.82. The maximum Gasteiger partial charge on any atom is 0.265 e. The molecule has 1 amide bonds. The zero-order chi connectivity index (χ0) is 20.1. The Bertz CT molecular complexity index is 1070. The highest BCUT2D eigenvalue weighted by Gasteiger charge is 2.16. The number of aryl methyl sites for hydroxylation is 1. The molecular weight excluding hydrogens is 382 g/mol. The molecule has 0 atom stereocenters. The molecule has 0 N–H and O–H groups in total. The summed E-state index contributed by atoms with van der Waals surface area (Å²) in [5.41, 5.74) is 2.90. The van der Waals surface area contributed by atoms with E-state index < -0.39 is 0 Å². The van der Waals surface area contributed by atoms with E-state index >= 15 is 0 Å². The zero-order valence-corrected chi connectivity index (χ0v) is 16.9. The number of benzene rings is 2. The summed E-state index contributed by atoms with van der Waals surface area (Å²) in [6.07, 6.45) is 3.19. The van der Waals surface area contributed by atoms with Crippen molar-refractivity contribution < 1.29 is 9.32 Å². The van der Waals surface area contributed by atoms with Crippen molar-refractivity contribution in [2.75, 3.05) is 13.6 Å². The molecule has 0 saturated heterocycles. The lowest BCUT2D eigenvalue weighted by atomic mass is 10.1. The molecule has 0 bridgehead atoms. The van der Waals surface area contributed by atoms with Gasteiger partial charge in [-0.25, -0.2) is 4.98 Å². The number of hydrogen-bond acceptors (Lipinski definition) is 5. The lowest BCUT2D eigenvalue weighted by Gasteiger charge is -2.15. The van der Waals surface area contributed by atoms with Gasteiger partial charge in [-0.05, 0) is 6.42 Å². The molecule has 2 aromatic heterocycles. The lowest BCUT2D eigenvalue weighted by molar-refractivity contribution is 0.0797. The summed E-state index contributed by atoms with van der Waals surface area (Å²) in [6.45, 7) is 0.638. The van der Waals surface area contributed by atoms with E-state index in [1.54, 1.807) is 11.1 Å². The molecule has 0 saturated carbocycles. The van der Waals surface area contributed by atoms with Gasteiger partial charge in [0, 0.05) is 37.2 Å². The summed E-state index contributed by atoms with van der Waals surface area (Å²) in [5, 5.41) is 5.00. The molecule has 4 aromatic rings. The summed E-state index contributed by atoms with van der Waals surface area (Å²) in [5.74, 6) is 0.820. The molecule has 0 spiro atoms. The van der Waals surface area contributed by atoms with E-state index in [1.807, 2.05) is 73.8 Å². The summed E-state index contributed by atoms with van der Waals surface area (Å²) in [6, 6.07) is 21.8. The molecule has 4 rings (SSSR count). The summed E-state index contributed by atoms with van der Waals surface area (Å²) >= 11 is 1.42. The van der Waals surface area contributed by atoms with Gasteiger partial charge in [-0.2, -0.15) is 0 Å². The number of aromatic nitrogens is 2. The third kappa shape index (κ3) is 4.60. The molecule has 5 nitrogen and oxygen atoms in total. The van der Waals surface area contributed by atoms with Gasteiger partial charge in [-0.3, -0.25) is 4.79 Å².